The normalized spacial score (nSPS) is 13.4. The molecule has 3 aliphatic heterocycles. The zero-order valence-electron chi connectivity index (χ0n) is 22.0. The van der Waals surface area contributed by atoms with Gasteiger partial charge >= 0.3 is 0 Å². The summed E-state index contributed by atoms with van der Waals surface area (Å²) in [6.07, 6.45) is 0. The standard InChI is InChI=1S/C36H22BNO3/c1-2-9-25(10-3-1)38-28-12-5-7-14-32(28)41-35-22-24(17-19-29(35)38)23-18-20-31-27(21-23)37-26-11-4-6-13-30(26)39-33-15-8-16-34(40-31)36(33)37/h1-22H. The highest BCUT2D eigenvalue weighted by atomic mass is 16.5. The Morgan fingerprint density at radius 2 is 1.02 bits per heavy atom. The van der Waals surface area contributed by atoms with Gasteiger partial charge in [0.15, 0.2) is 11.5 Å². The molecule has 0 amide bonds. The molecule has 6 aromatic rings. The van der Waals surface area contributed by atoms with Gasteiger partial charge in [0.1, 0.15) is 23.0 Å². The van der Waals surface area contributed by atoms with Crippen LogP contribution in [-0.2, 0) is 0 Å². The summed E-state index contributed by atoms with van der Waals surface area (Å²) in [6.45, 7) is 0.0316. The highest BCUT2D eigenvalue weighted by molar-refractivity contribution is 6.98. The summed E-state index contributed by atoms with van der Waals surface area (Å²) in [5, 5.41) is 0. The van der Waals surface area contributed by atoms with E-state index in [9.17, 15) is 0 Å². The fourth-order valence-electron chi connectivity index (χ4n) is 6.35. The van der Waals surface area contributed by atoms with Crippen LogP contribution in [0, 0.1) is 0 Å². The molecule has 0 bridgehead atoms. The second-order valence-electron chi connectivity index (χ2n) is 10.5. The number of fused-ring (bicyclic) bond motifs is 6. The maximum Gasteiger partial charge on any atom is 0.260 e. The van der Waals surface area contributed by atoms with Crippen LogP contribution in [0.4, 0.5) is 17.1 Å². The Bertz CT molecular complexity index is 1990. The molecule has 0 fully saturated rings. The van der Waals surface area contributed by atoms with E-state index < -0.39 is 0 Å². The van der Waals surface area contributed by atoms with Gasteiger partial charge in [-0.05, 0) is 82.7 Å². The van der Waals surface area contributed by atoms with Crippen LogP contribution < -0.4 is 35.5 Å². The smallest absolute Gasteiger partial charge is 0.260 e. The Hall–Kier alpha value is -5.42. The van der Waals surface area contributed by atoms with E-state index in [0.717, 1.165) is 79.1 Å². The molecule has 0 saturated heterocycles. The van der Waals surface area contributed by atoms with E-state index in [1.165, 1.54) is 0 Å². The summed E-state index contributed by atoms with van der Waals surface area (Å²) >= 11 is 0. The molecular formula is C36H22BNO3. The highest BCUT2D eigenvalue weighted by Crippen LogP contribution is 2.51. The van der Waals surface area contributed by atoms with Gasteiger partial charge in [0.2, 0.25) is 0 Å². The van der Waals surface area contributed by atoms with Crippen LogP contribution in [0.1, 0.15) is 0 Å². The van der Waals surface area contributed by atoms with Gasteiger partial charge in [-0.25, -0.2) is 0 Å². The van der Waals surface area contributed by atoms with Crippen molar-refractivity contribution in [3.63, 3.8) is 0 Å². The molecule has 0 radical (unpaired) electrons. The lowest BCUT2D eigenvalue weighted by Crippen LogP contribution is -2.57. The second-order valence-corrected chi connectivity index (χ2v) is 10.5. The predicted molar refractivity (Wildman–Crippen MR) is 164 cm³/mol. The summed E-state index contributed by atoms with van der Waals surface area (Å²) in [5.41, 5.74) is 8.68. The number of ether oxygens (including phenoxy) is 3. The largest absolute Gasteiger partial charge is 0.458 e. The first kappa shape index (κ1) is 22.4. The Kier molecular flexibility index (Phi) is 4.67. The van der Waals surface area contributed by atoms with Crippen LogP contribution in [0.5, 0.6) is 34.5 Å². The lowest BCUT2D eigenvalue weighted by atomic mass is 9.35. The first-order valence-electron chi connectivity index (χ1n) is 13.8. The molecule has 6 aromatic carbocycles. The second kappa shape index (κ2) is 8.54. The number of hydrogen-bond donors (Lipinski definition) is 0. The minimum Gasteiger partial charge on any atom is -0.458 e. The fraction of sp³-hybridized carbons (Fsp3) is 0. The first-order valence-corrected chi connectivity index (χ1v) is 13.8. The lowest BCUT2D eigenvalue weighted by molar-refractivity contribution is 0.464. The van der Waals surface area contributed by atoms with Crippen LogP contribution >= 0.6 is 0 Å². The summed E-state index contributed by atoms with van der Waals surface area (Å²) in [7, 11) is 0. The van der Waals surface area contributed by atoms with Crippen molar-refractivity contribution in [2.24, 2.45) is 0 Å². The van der Waals surface area contributed by atoms with Crippen molar-refractivity contribution in [2.45, 2.75) is 0 Å². The van der Waals surface area contributed by atoms with E-state index in [-0.39, 0.29) is 6.71 Å². The van der Waals surface area contributed by atoms with E-state index in [2.05, 4.69) is 83.8 Å². The fourth-order valence-corrected chi connectivity index (χ4v) is 6.35. The van der Waals surface area contributed by atoms with E-state index in [1.54, 1.807) is 0 Å². The maximum absolute atomic E-state index is 6.48. The number of anilines is 3. The lowest BCUT2D eigenvalue weighted by Gasteiger charge is -2.33. The van der Waals surface area contributed by atoms with Gasteiger partial charge in [0.05, 0.1) is 11.4 Å². The van der Waals surface area contributed by atoms with Crippen LogP contribution in [0.2, 0.25) is 0 Å². The van der Waals surface area contributed by atoms with Crippen LogP contribution in [0.3, 0.4) is 0 Å². The van der Waals surface area contributed by atoms with Gasteiger partial charge in [-0.15, -0.1) is 0 Å². The zero-order chi connectivity index (χ0) is 26.9. The highest BCUT2D eigenvalue weighted by Gasteiger charge is 2.40. The molecule has 192 valence electrons. The predicted octanol–water partition coefficient (Wildman–Crippen LogP) is 7.66. The SMILES string of the molecule is c1ccc(N2c3ccccc3Oc3cc(-c4ccc5c(c4)B4c6ccccc6Oc6cccc(c64)O5)ccc32)cc1. The molecule has 4 nitrogen and oxygen atoms in total. The molecule has 41 heavy (non-hydrogen) atoms. The van der Waals surface area contributed by atoms with Crippen molar-refractivity contribution in [1.82, 2.24) is 0 Å². The molecule has 3 heterocycles. The van der Waals surface area contributed by atoms with Crippen molar-refractivity contribution in [2.75, 3.05) is 4.90 Å². The van der Waals surface area contributed by atoms with Crippen LogP contribution in [0.15, 0.2) is 133 Å². The van der Waals surface area contributed by atoms with Crippen molar-refractivity contribution in [3.8, 4) is 45.6 Å². The average molecular weight is 527 g/mol. The monoisotopic (exact) mass is 527 g/mol. The van der Waals surface area contributed by atoms with Gasteiger partial charge < -0.3 is 19.1 Å². The molecule has 0 saturated carbocycles. The van der Waals surface area contributed by atoms with Gasteiger partial charge in [0.25, 0.3) is 6.71 Å². The number of nitrogens with zero attached hydrogens (tertiary/aromatic N) is 1. The molecule has 3 aliphatic rings. The quantitative estimate of drug-likeness (QED) is 0.216. The average Bonchev–Trinajstić information content (AvgIpc) is 3.03. The van der Waals surface area contributed by atoms with Crippen LogP contribution in [0.25, 0.3) is 11.1 Å². The maximum atomic E-state index is 6.48. The van der Waals surface area contributed by atoms with Crippen molar-refractivity contribution < 1.29 is 14.2 Å². The van der Waals surface area contributed by atoms with Crippen LogP contribution in [-0.4, -0.2) is 6.71 Å². The Morgan fingerprint density at radius 1 is 0.415 bits per heavy atom. The Morgan fingerprint density at radius 3 is 1.88 bits per heavy atom. The third-order valence-electron chi connectivity index (χ3n) is 8.18. The third kappa shape index (κ3) is 3.36. The summed E-state index contributed by atoms with van der Waals surface area (Å²) in [6, 6.07) is 45.9. The number of benzene rings is 6. The molecule has 0 unspecified atom stereocenters. The zero-order valence-corrected chi connectivity index (χ0v) is 22.0. The molecule has 0 atom stereocenters. The van der Waals surface area contributed by atoms with Crippen molar-refractivity contribution >= 4 is 40.2 Å². The molecule has 9 rings (SSSR count). The third-order valence-corrected chi connectivity index (χ3v) is 8.18. The molecule has 0 N–H and O–H groups in total. The number of para-hydroxylation sites is 4. The summed E-state index contributed by atoms with van der Waals surface area (Å²) < 4.78 is 19.2. The Balaban J connectivity index is 1.18. The number of rotatable bonds is 2. The molecule has 0 spiro atoms. The van der Waals surface area contributed by atoms with Gasteiger partial charge in [-0.3, -0.25) is 0 Å². The molecular weight excluding hydrogens is 505 g/mol. The van der Waals surface area contributed by atoms with E-state index in [1.807, 2.05) is 54.6 Å². The minimum atomic E-state index is 0.0316. The van der Waals surface area contributed by atoms with E-state index in [4.69, 9.17) is 14.2 Å². The Labute approximate surface area is 238 Å². The summed E-state index contributed by atoms with van der Waals surface area (Å²) in [5.74, 6) is 5.12. The van der Waals surface area contributed by atoms with Gasteiger partial charge in [0, 0.05) is 11.2 Å². The van der Waals surface area contributed by atoms with E-state index in [0.29, 0.717) is 0 Å². The van der Waals surface area contributed by atoms with Crippen molar-refractivity contribution in [3.05, 3.63) is 133 Å². The van der Waals surface area contributed by atoms with Gasteiger partial charge in [-0.2, -0.15) is 0 Å². The van der Waals surface area contributed by atoms with Crippen molar-refractivity contribution in [1.29, 1.82) is 0 Å². The molecule has 0 aliphatic carbocycles. The molecule has 5 heteroatoms. The van der Waals surface area contributed by atoms with Gasteiger partial charge in [-0.1, -0.05) is 72.8 Å². The summed E-state index contributed by atoms with van der Waals surface area (Å²) in [4.78, 5) is 2.26. The number of hydrogen-bond acceptors (Lipinski definition) is 4. The van der Waals surface area contributed by atoms with E-state index >= 15 is 0 Å². The first-order chi connectivity index (χ1) is 20.3. The molecule has 0 aromatic heterocycles. The topological polar surface area (TPSA) is 30.9 Å². The minimum absolute atomic E-state index is 0.0316.